The van der Waals surface area contributed by atoms with Crippen LogP contribution in [0.1, 0.15) is 4.88 Å². The second-order valence-corrected chi connectivity index (χ2v) is 6.13. The van der Waals surface area contributed by atoms with Crippen LogP contribution in [0.25, 0.3) is 0 Å². The molecule has 0 saturated heterocycles. The quantitative estimate of drug-likeness (QED) is 0.617. The van der Waals surface area contributed by atoms with E-state index in [0.29, 0.717) is 5.75 Å². The molecule has 0 aliphatic carbocycles. The zero-order valence-corrected chi connectivity index (χ0v) is 12.4. The van der Waals surface area contributed by atoms with E-state index in [1.807, 2.05) is 12.1 Å². The maximum atomic E-state index is 11.3. The fourth-order valence-corrected chi connectivity index (χ4v) is 3.07. The molecule has 0 bridgehead atoms. The minimum atomic E-state index is -0.427. The normalized spacial score (nSPS) is 9.68. The first-order valence-corrected chi connectivity index (χ1v) is 7.64. The maximum Gasteiger partial charge on any atom is 0.316 e. The van der Waals surface area contributed by atoms with E-state index >= 15 is 0 Å². The third kappa shape index (κ3) is 7.11. The van der Waals surface area contributed by atoms with Crippen molar-refractivity contribution in [2.45, 2.75) is 5.75 Å². The Bertz CT molecular complexity index is 482. The van der Waals surface area contributed by atoms with E-state index in [4.69, 9.17) is 22.8 Å². The topological polar surface area (TPSA) is 55.4 Å². The molecule has 0 aliphatic rings. The van der Waals surface area contributed by atoms with Crippen molar-refractivity contribution in [1.82, 2.24) is 5.32 Å². The number of ether oxygens (including phenoxy) is 1. The standard InChI is InChI=1S/C12H12ClNO3S2/c1-2-5-14-11(15)6-17-12(16)8-18-7-9-3-4-10(13)19-9/h1,3-4H,5-8H2,(H,14,15). The third-order valence-electron chi connectivity index (χ3n) is 1.84. The summed E-state index contributed by atoms with van der Waals surface area (Å²) in [5.74, 6) is 2.31. The Hall–Kier alpha value is -1.16. The summed E-state index contributed by atoms with van der Waals surface area (Å²) in [5.41, 5.74) is 0. The molecule has 0 aliphatic heterocycles. The molecule has 0 saturated carbocycles. The summed E-state index contributed by atoms with van der Waals surface area (Å²) in [4.78, 5) is 23.5. The zero-order valence-electron chi connectivity index (χ0n) is 9.98. The van der Waals surface area contributed by atoms with Gasteiger partial charge in [-0.2, -0.15) is 0 Å². The molecule has 1 aromatic heterocycles. The molecular weight excluding hydrogens is 306 g/mol. The molecule has 0 radical (unpaired) electrons. The minimum Gasteiger partial charge on any atom is -0.455 e. The van der Waals surface area contributed by atoms with Gasteiger partial charge in [0.25, 0.3) is 5.91 Å². The van der Waals surface area contributed by atoms with Crippen LogP contribution in [0.4, 0.5) is 0 Å². The van der Waals surface area contributed by atoms with E-state index in [2.05, 4.69) is 11.2 Å². The van der Waals surface area contributed by atoms with Crippen LogP contribution in [0.15, 0.2) is 12.1 Å². The van der Waals surface area contributed by atoms with Crippen LogP contribution in [0, 0.1) is 12.3 Å². The summed E-state index contributed by atoms with van der Waals surface area (Å²) in [6, 6.07) is 3.73. The average molecular weight is 318 g/mol. The number of hydrogen-bond donors (Lipinski definition) is 1. The van der Waals surface area contributed by atoms with Gasteiger partial charge in [-0.1, -0.05) is 17.5 Å². The van der Waals surface area contributed by atoms with Crippen LogP contribution in [-0.4, -0.2) is 30.8 Å². The van der Waals surface area contributed by atoms with Crippen molar-refractivity contribution in [3.63, 3.8) is 0 Å². The molecule has 1 N–H and O–H groups in total. The molecule has 0 fully saturated rings. The summed E-state index contributed by atoms with van der Waals surface area (Å²) < 4.78 is 5.51. The highest BCUT2D eigenvalue weighted by molar-refractivity contribution is 7.99. The lowest BCUT2D eigenvalue weighted by Crippen LogP contribution is -2.29. The predicted molar refractivity (Wildman–Crippen MR) is 78.3 cm³/mol. The van der Waals surface area contributed by atoms with Crippen LogP contribution in [-0.2, 0) is 20.1 Å². The molecule has 0 aromatic carbocycles. The molecule has 1 amide bonds. The fraction of sp³-hybridized carbons (Fsp3) is 0.333. The van der Waals surface area contributed by atoms with Crippen molar-refractivity contribution < 1.29 is 14.3 Å². The van der Waals surface area contributed by atoms with E-state index in [-0.39, 0.29) is 18.9 Å². The van der Waals surface area contributed by atoms with Crippen LogP contribution < -0.4 is 5.32 Å². The summed E-state index contributed by atoms with van der Waals surface area (Å²) >= 11 is 8.67. The predicted octanol–water partition coefficient (Wildman–Crippen LogP) is 1.93. The maximum absolute atomic E-state index is 11.3. The molecule has 19 heavy (non-hydrogen) atoms. The van der Waals surface area contributed by atoms with Gasteiger partial charge in [0.2, 0.25) is 0 Å². The van der Waals surface area contributed by atoms with E-state index < -0.39 is 11.9 Å². The Labute approximate surface area is 124 Å². The number of thioether (sulfide) groups is 1. The summed E-state index contributed by atoms with van der Waals surface area (Å²) in [5, 5.41) is 2.40. The smallest absolute Gasteiger partial charge is 0.316 e. The van der Waals surface area contributed by atoms with E-state index in [1.165, 1.54) is 23.1 Å². The first-order valence-electron chi connectivity index (χ1n) is 5.29. The Kier molecular flexibility index (Phi) is 7.41. The van der Waals surface area contributed by atoms with Crippen molar-refractivity contribution in [3.8, 4) is 12.3 Å². The van der Waals surface area contributed by atoms with Crippen molar-refractivity contribution in [2.75, 3.05) is 18.9 Å². The first kappa shape index (κ1) is 15.9. The molecule has 0 unspecified atom stereocenters. The number of rotatable bonds is 7. The number of thiophene rings is 1. The number of carbonyl (C=O) groups excluding carboxylic acids is 2. The van der Waals surface area contributed by atoms with Gasteiger partial charge in [0, 0.05) is 10.6 Å². The van der Waals surface area contributed by atoms with Crippen LogP contribution in [0.5, 0.6) is 0 Å². The summed E-state index contributed by atoms with van der Waals surface area (Å²) in [7, 11) is 0. The molecule has 1 aromatic rings. The monoisotopic (exact) mass is 317 g/mol. The molecule has 0 atom stereocenters. The van der Waals surface area contributed by atoms with Gasteiger partial charge >= 0.3 is 5.97 Å². The Balaban J connectivity index is 2.11. The van der Waals surface area contributed by atoms with Crippen molar-refractivity contribution in [3.05, 3.63) is 21.3 Å². The van der Waals surface area contributed by atoms with E-state index in [0.717, 1.165) is 9.21 Å². The van der Waals surface area contributed by atoms with Gasteiger partial charge in [-0.3, -0.25) is 9.59 Å². The SMILES string of the molecule is C#CCNC(=O)COC(=O)CSCc1ccc(Cl)s1. The number of hydrogen-bond acceptors (Lipinski definition) is 5. The highest BCUT2D eigenvalue weighted by atomic mass is 35.5. The Morgan fingerprint density at radius 3 is 2.95 bits per heavy atom. The number of esters is 1. The van der Waals surface area contributed by atoms with Gasteiger partial charge < -0.3 is 10.1 Å². The fourth-order valence-electron chi connectivity index (χ4n) is 1.05. The molecule has 102 valence electrons. The van der Waals surface area contributed by atoms with Gasteiger partial charge in [0.05, 0.1) is 16.6 Å². The minimum absolute atomic E-state index is 0.129. The van der Waals surface area contributed by atoms with Gasteiger partial charge in [-0.15, -0.1) is 29.5 Å². The number of terminal acetylenes is 1. The highest BCUT2D eigenvalue weighted by Crippen LogP contribution is 2.25. The first-order chi connectivity index (χ1) is 9.11. The Morgan fingerprint density at radius 2 is 2.32 bits per heavy atom. The number of halogens is 1. The lowest BCUT2D eigenvalue weighted by molar-refractivity contribution is -0.145. The Morgan fingerprint density at radius 1 is 1.53 bits per heavy atom. The van der Waals surface area contributed by atoms with Gasteiger partial charge in [0.1, 0.15) is 0 Å². The summed E-state index contributed by atoms with van der Waals surface area (Å²) in [6.45, 7) is -0.170. The second-order valence-electron chi connectivity index (χ2n) is 3.34. The van der Waals surface area contributed by atoms with Gasteiger partial charge in [0.15, 0.2) is 6.61 Å². The largest absolute Gasteiger partial charge is 0.455 e. The van der Waals surface area contributed by atoms with Crippen molar-refractivity contribution in [2.24, 2.45) is 0 Å². The lowest BCUT2D eigenvalue weighted by Gasteiger charge is -2.04. The average Bonchev–Trinajstić information content (AvgIpc) is 2.79. The van der Waals surface area contributed by atoms with Crippen LogP contribution in [0.3, 0.4) is 0 Å². The third-order valence-corrected chi connectivity index (χ3v) is 4.21. The molecule has 7 heteroatoms. The summed E-state index contributed by atoms with van der Waals surface area (Å²) in [6.07, 6.45) is 4.97. The van der Waals surface area contributed by atoms with Crippen molar-refractivity contribution >= 4 is 46.6 Å². The van der Waals surface area contributed by atoms with Crippen LogP contribution in [0.2, 0.25) is 4.34 Å². The number of nitrogens with one attached hydrogen (secondary N) is 1. The highest BCUT2D eigenvalue weighted by Gasteiger charge is 2.07. The number of carbonyl (C=O) groups is 2. The van der Waals surface area contributed by atoms with Gasteiger partial charge in [-0.05, 0) is 12.1 Å². The molecule has 0 spiro atoms. The molecule has 1 rings (SSSR count). The van der Waals surface area contributed by atoms with E-state index in [9.17, 15) is 9.59 Å². The van der Waals surface area contributed by atoms with E-state index in [1.54, 1.807) is 0 Å². The second kappa shape index (κ2) is 8.86. The lowest BCUT2D eigenvalue weighted by atomic mass is 10.5. The number of amides is 1. The molecule has 4 nitrogen and oxygen atoms in total. The van der Waals surface area contributed by atoms with Gasteiger partial charge in [-0.25, -0.2) is 0 Å². The molecular formula is C12H12ClNO3S2. The van der Waals surface area contributed by atoms with Crippen molar-refractivity contribution in [1.29, 1.82) is 0 Å². The van der Waals surface area contributed by atoms with Crippen LogP contribution >= 0.6 is 34.7 Å². The zero-order chi connectivity index (χ0) is 14.1. The molecule has 1 heterocycles.